The summed E-state index contributed by atoms with van der Waals surface area (Å²) in [5.41, 5.74) is 0.943. The van der Waals surface area contributed by atoms with Crippen LogP contribution in [-0.2, 0) is 5.88 Å². The Morgan fingerprint density at radius 1 is 1.36 bits per heavy atom. The maximum atomic E-state index is 5.74. The van der Waals surface area contributed by atoms with Gasteiger partial charge in [0.05, 0.1) is 11.6 Å². The highest BCUT2D eigenvalue weighted by atomic mass is 35.5. The van der Waals surface area contributed by atoms with Gasteiger partial charge in [-0.15, -0.1) is 11.6 Å². The summed E-state index contributed by atoms with van der Waals surface area (Å²) in [4.78, 5) is 6.73. The molecule has 0 fully saturated rings. The van der Waals surface area contributed by atoms with Crippen molar-refractivity contribution < 1.29 is 0 Å². The number of hydrogen-bond donors (Lipinski definition) is 0. The van der Waals surface area contributed by atoms with Crippen molar-refractivity contribution in [3.8, 4) is 0 Å². The molecule has 0 N–H and O–H groups in total. The summed E-state index contributed by atoms with van der Waals surface area (Å²) in [7, 11) is 0. The second-order valence-electron chi connectivity index (χ2n) is 3.20. The van der Waals surface area contributed by atoms with E-state index in [1.807, 2.05) is 18.2 Å². The Labute approximate surface area is 90.9 Å². The number of rotatable bonds is 5. The van der Waals surface area contributed by atoms with Gasteiger partial charge >= 0.3 is 0 Å². The molecule has 0 aliphatic carbocycles. The predicted molar refractivity (Wildman–Crippen MR) is 62.0 cm³/mol. The normalized spacial score (nSPS) is 10.2. The molecule has 78 valence electrons. The van der Waals surface area contributed by atoms with Crippen molar-refractivity contribution in [2.75, 3.05) is 18.0 Å². The number of pyridine rings is 1. The smallest absolute Gasteiger partial charge is 0.128 e. The zero-order valence-electron chi connectivity index (χ0n) is 8.83. The highest BCUT2D eigenvalue weighted by Crippen LogP contribution is 2.12. The molecule has 0 saturated carbocycles. The first kappa shape index (κ1) is 11.3. The van der Waals surface area contributed by atoms with E-state index >= 15 is 0 Å². The van der Waals surface area contributed by atoms with Crippen LogP contribution in [0.4, 0.5) is 5.82 Å². The SMILES string of the molecule is CCCN(CC)c1cccc(CCl)n1. The van der Waals surface area contributed by atoms with Gasteiger partial charge in [0.25, 0.3) is 0 Å². The summed E-state index contributed by atoms with van der Waals surface area (Å²) >= 11 is 5.74. The number of aromatic nitrogens is 1. The van der Waals surface area contributed by atoms with E-state index in [0.717, 1.165) is 31.0 Å². The highest BCUT2D eigenvalue weighted by Gasteiger charge is 2.04. The lowest BCUT2D eigenvalue weighted by atomic mass is 10.3. The molecule has 1 rings (SSSR count). The molecule has 0 amide bonds. The van der Waals surface area contributed by atoms with Gasteiger partial charge in [-0.05, 0) is 25.5 Å². The number of anilines is 1. The van der Waals surface area contributed by atoms with Gasteiger partial charge in [0, 0.05) is 13.1 Å². The van der Waals surface area contributed by atoms with E-state index in [9.17, 15) is 0 Å². The Kier molecular flexibility index (Phi) is 4.74. The van der Waals surface area contributed by atoms with Gasteiger partial charge in [-0.25, -0.2) is 4.98 Å². The molecule has 3 heteroatoms. The van der Waals surface area contributed by atoms with Crippen molar-refractivity contribution >= 4 is 17.4 Å². The van der Waals surface area contributed by atoms with Crippen molar-refractivity contribution in [1.29, 1.82) is 0 Å². The van der Waals surface area contributed by atoms with Crippen LogP contribution in [0.5, 0.6) is 0 Å². The molecule has 1 heterocycles. The molecule has 0 atom stereocenters. The Morgan fingerprint density at radius 3 is 2.71 bits per heavy atom. The van der Waals surface area contributed by atoms with Crippen LogP contribution in [-0.4, -0.2) is 18.1 Å². The molecular weight excluding hydrogens is 196 g/mol. The topological polar surface area (TPSA) is 16.1 Å². The zero-order chi connectivity index (χ0) is 10.4. The van der Waals surface area contributed by atoms with Gasteiger partial charge in [-0.1, -0.05) is 13.0 Å². The monoisotopic (exact) mass is 212 g/mol. The first-order valence-electron chi connectivity index (χ1n) is 5.08. The van der Waals surface area contributed by atoms with Crippen LogP contribution in [0, 0.1) is 0 Å². The maximum absolute atomic E-state index is 5.74. The van der Waals surface area contributed by atoms with Gasteiger partial charge in [0.2, 0.25) is 0 Å². The fraction of sp³-hybridized carbons (Fsp3) is 0.545. The Hall–Kier alpha value is -0.760. The van der Waals surface area contributed by atoms with E-state index < -0.39 is 0 Å². The second-order valence-corrected chi connectivity index (χ2v) is 3.47. The maximum Gasteiger partial charge on any atom is 0.128 e. The predicted octanol–water partition coefficient (Wildman–Crippen LogP) is 3.06. The molecule has 14 heavy (non-hydrogen) atoms. The summed E-state index contributed by atoms with van der Waals surface area (Å²) in [6.07, 6.45) is 1.14. The second kappa shape index (κ2) is 5.86. The minimum atomic E-state index is 0.484. The molecule has 0 bridgehead atoms. The first-order valence-corrected chi connectivity index (χ1v) is 5.62. The molecule has 0 saturated heterocycles. The molecule has 0 aliphatic rings. The Balaban J connectivity index is 2.80. The third-order valence-electron chi connectivity index (χ3n) is 2.13. The van der Waals surface area contributed by atoms with Crippen LogP contribution in [0.3, 0.4) is 0 Å². The molecule has 0 unspecified atom stereocenters. The van der Waals surface area contributed by atoms with Crippen LogP contribution >= 0.6 is 11.6 Å². The van der Waals surface area contributed by atoms with E-state index in [4.69, 9.17) is 11.6 Å². The minimum Gasteiger partial charge on any atom is -0.357 e. The van der Waals surface area contributed by atoms with E-state index in [2.05, 4.69) is 23.7 Å². The lowest BCUT2D eigenvalue weighted by Gasteiger charge is -2.21. The van der Waals surface area contributed by atoms with Crippen LogP contribution < -0.4 is 4.90 Å². The number of alkyl halides is 1. The first-order chi connectivity index (χ1) is 6.81. The number of halogens is 1. The Bertz CT molecular complexity index is 276. The van der Waals surface area contributed by atoms with Crippen molar-refractivity contribution in [3.63, 3.8) is 0 Å². The molecule has 0 aliphatic heterocycles. The third kappa shape index (κ3) is 2.88. The van der Waals surface area contributed by atoms with Crippen molar-refractivity contribution in [2.45, 2.75) is 26.1 Å². The van der Waals surface area contributed by atoms with Crippen molar-refractivity contribution in [1.82, 2.24) is 4.98 Å². The molecule has 0 spiro atoms. The van der Waals surface area contributed by atoms with Crippen LogP contribution in [0.15, 0.2) is 18.2 Å². The average molecular weight is 213 g/mol. The molecular formula is C11H17ClN2. The van der Waals surface area contributed by atoms with Gasteiger partial charge in [0.1, 0.15) is 5.82 Å². The summed E-state index contributed by atoms with van der Waals surface area (Å²) < 4.78 is 0. The molecule has 1 aromatic rings. The third-order valence-corrected chi connectivity index (χ3v) is 2.40. The van der Waals surface area contributed by atoms with Crippen LogP contribution in [0.1, 0.15) is 26.0 Å². The molecule has 2 nitrogen and oxygen atoms in total. The van der Waals surface area contributed by atoms with E-state index in [1.165, 1.54) is 0 Å². The average Bonchev–Trinajstić information content (AvgIpc) is 2.26. The van der Waals surface area contributed by atoms with E-state index in [0.29, 0.717) is 5.88 Å². The standard InChI is InChI=1S/C11H17ClN2/c1-3-8-14(4-2)11-7-5-6-10(9-12)13-11/h5-7H,3-4,8-9H2,1-2H3. The fourth-order valence-corrected chi connectivity index (χ4v) is 1.57. The minimum absolute atomic E-state index is 0.484. The van der Waals surface area contributed by atoms with Crippen molar-refractivity contribution in [3.05, 3.63) is 23.9 Å². The number of nitrogens with zero attached hydrogens (tertiary/aromatic N) is 2. The van der Waals surface area contributed by atoms with Crippen molar-refractivity contribution in [2.24, 2.45) is 0 Å². The largest absolute Gasteiger partial charge is 0.357 e. The number of hydrogen-bond acceptors (Lipinski definition) is 2. The van der Waals surface area contributed by atoms with Gasteiger partial charge in [0.15, 0.2) is 0 Å². The molecule has 1 aromatic heterocycles. The van der Waals surface area contributed by atoms with E-state index in [1.54, 1.807) is 0 Å². The highest BCUT2D eigenvalue weighted by molar-refractivity contribution is 6.16. The summed E-state index contributed by atoms with van der Waals surface area (Å²) in [6, 6.07) is 6.00. The molecule has 0 radical (unpaired) electrons. The quantitative estimate of drug-likeness (QED) is 0.698. The lowest BCUT2D eigenvalue weighted by Crippen LogP contribution is -2.24. The van der Waals surface area contributed by atoms with Gasteiger partial charge in [-0.2, -0.15) is 0 Å². The van der Waals surface area contributed by atoms with Gasteiger partial charge in [-0.3, -0.25) is 0 Å². The van der Waals surface area contributed by atoms with E-state index in [-0.39, 0.29) is 0 Å². The van der Waals surface area contributed by atoms with Gasteiger partial charge < -0.3 is 4.90 Å². The summed E-state index contributed by atoms with van der Waals surface area (Å²) in [5.74, 6) is 1.52. The fourth-order valence-electron chi connectivity index (χ4n) is 1.42. The summed E-state index contributed by atoms with van der Waals surface area (Å²) in [6.45, 7) is 6.36. The summed E-state index contributed by atoms with van der Waals surface area (Å²) in [5, 5.41) is 0. The lowest BCUT2D eigenvalue weighted by molar-refractivity contribution is 0.776. The Morgan fingerprint density at radius 2 is 2.14 bits per heavy atom. The van der Waals surface area contributed by atoms with Crippen LogP contribution in [0.2, 0.25) is 0 Å². The zero-order valence-corrected chi connectivity index (χ0v) is 9.59. The van der Waals surface area contributed by atoms with Crippen LogP contribution in [0.25, 0.3) is 0 Å². The molecule has 0 aromatic carbocycles.